The Labute approximate surface area is 147 Å². The van der Waals surface area contributed by atoms with Crippen molar-refractivity contribution in [2.75, 3.05) is 6.61 Å². The molecule has 0 aliphatic heterocycles. The number of hydrogen-bond acceptors (Lipinski definition) is 6. The zero-order chi connectivity index (χ0) is 18.1. The third-order valence-electron chi connectivity index (χ3n) is 3.86. The molecule has 0 spiro atoms. The molecule has 3 rings (SSSR count). The number of carbonyl (C=O) groups excluding carboxylic acids is 4. The Morgan fingerprint density at radius 1 is 1.12 bits per heavy atom. The summed E-state index contributed by atoms with van der Waals surface area (Å²) in [4.78, 5) is 50.2. The van der Waals surface area contributed by atoms with E-state index in [1.165, 1.54) is 0 Å². The second-order valence-corrected chi connectivity index (χ2v) is 6.45. The highest BCUT2D eigenvalue weighted by Crippen LogP contribution is 2.35. The van der Waals surface area contributed by atoms with Crippen molar-refractivity contribution >= 4 is 34.7 Å². The summed E-state index contributed by atoms with van der Waals surface area (Å²) >= 11 is 0.931. The van der Waals surface area contributed by atoms with Crippen molar-refractivity contribution in [3.05, 3.63) is 68.4 Å². The highest BCUT2D eigenvalue weighted by Gasteiger charge is 2.35. The zero-order valence-corrected chi connectivity index (χ0v) is 14.4. The average Bonchev–Trinajstić information content (AvgIpc) is 2.97. The summed E-state index contributed by atoms with van der Waals surface area (Å²) in [5.41, 5.74) is 0.653. The van der Waals surface area contributed by atoms with E-state index in [1.54, 1.807) is 44.2 Å². The first-order valence-corrected chi connectivity index (χ1v) is 8.48. The fraction of sp³-hybridized carbons (Fsp3) is 0.158. The fourth-order valence-corrected chi connectivity index (χ4v) is 3.77. The molecule has 6 heteroatoms. The third kappa shape index (κ3) is 2.85. The first-order chi connectivity index (χ1) is 12.0. The van der Waals surface area contributed by atoms with Gasteiger partial charge in [0.25, 0.3) is 0 Å². The van der Waals surface area contributed by atoms with E-state index in [9.17, 15) is 19.2 Å². The summed E-state index contributed by atoms with van der Waals surface area (Å²) in [6, 6.07) is 8.29. The van der Waals surface area contributed by atoms with Gasteiger partial charge in [-0.2, -0.15) is 0 Å². The number of allylic oxidation sites excluding steroid dienone is 2. The lowest BCUT2D eigenvalue weighted by atomic mass is 9.88. The quantitative estimate of drug-likeness (QED) is 0.478. The molecule has 1 aromatic heterocycles. The number of fused-ring (bicyclic) bond motifs is 1. The van der Waals surface area contributed by atoms with Crippen LogP contribution in [-0.2, 0) is 4.74 Å². The van der Waals surface area contributed by atoms with E-state index >= 15 is 0 Å². The minimum atomic E-state index is -0.573. The van der Waals surface area contributed by atoms with Gasteiger partial charge in [0, 0.05) is 17.2 Å². The number of rotatable bonds is 4. The van der Waals surface area contributed by atoms with Crippen LogP contribution in [0.2, 0.25) is 0 Å². The van der Waals surface area contributed by atoms with E-state index in [0.717, 1.165) is 17.4 Å². The highest BCUT2D eigenvalue weighted by atomic mass is 32.1. The number of ether oxygens (including phenoxy) is 1. The van der Waals surface area contributed by atoms with Crippen molar-refractivity contribution in [2.24, 2.45) is 0 Å². The summed E-state index contributed by atoms with van der Waals surface area (Å²) in [5.74, 6) is -2.06. The molecule has 0 N–H and O–H groups in total. The smallest absolute Gasteiger partial charge is 0.348 e. The zero-order valence-electron chi connectivity index (χ0n) is 13.6. The van der Waals surface area contributed by atoms with Crippen LogP contribution in [0.1, 0.15) is 52.5 Å². The lowest BCUT2D eigenvalue weighted by Crippen LogP contribution is -2.21. The summed E-state index contributed by atoms with van der Waals surface area (Å²) in [5, 5.41) is 0. The minimum absolute atomic E-state index is 0.125. The van der Waals surface area contributed by atoms with Crippen LogP contribution in [0.15, 0.2) is 42.0 Å². The van der Waals surface area contributed by atoms with Crippen LogP contribution in [0.25, 0.3) is 0 Å². The van der Waals surface area contributed by atoms with E-state index in [-0.39, 0.29) is 27.5 Å². The molecular formula is C19H14O5S. The Bertz CT molecular complexity index is 934. The van der Waals surface area contributed by atoms with Gasteiger partial charge in [-0.05, 0) is 19.4 Å². The molecule has 1 aromatic carbocycles. The Morgan fingerprint density at radius 3 is 2.44 bits per heavy atom. The predicted molar refractivity (Wildman–Crippen MR) is 92.5 cm³/mol. The molecule has 0 saturated carbocycles. The molecule has 0 bridgehead atoms. The topological polar surface area (TPSA) is 77.5 Å². The maximum atomic E-state index is 12.8. The van der Waals surface area contributed by atoms with Crippen LogP contribution >= 0.6 is 11.3 Å². The normalized spacial score (nSPS) is 13.3. The van der Waals surface area contributed by atoms with Gasteiger partial charge in [0.05, 0.1) is 17.1 Å². The molecule has 25 heavy (non-hydrogen) atoms. The molecule has 0 atom stereocenters. The third-order valence-corrected chi connectivity index (χ3v) is 5.15. The number of Topliss-reactive ketones (excluding diaryl/α,β-unsaturated/α-hetero) is 2. The number of ketones is 3. The molecule has 0 radical (unpaired) electrons. The molecular weight excluding hydrogens is 340 g/mol. The fourth-order valence-electron chi connectivity index (χ4n) is 2.66. The minimum Gasteiger partial charge on any atom is -0.462 e. The van der Waals surface area contributed by atoms with Gasteiger partial charge in [-0.25, -0.2) is 4.79 Å². The molecule has 126 valence electrons. The van der Waals surface area contributed by atoms with Crippen molar-refractivity contribution in [2.45, 2.75) is 13.8 Å². The molecule has 5 nitrogen and oxygen atoms in total. The van der Waals surface area contributed by atoms with Crippen LogP contribution in [0.3, 0.4) is 0 Å². The largest absolute Gasteiger partial charge is 0.462 e. The van der Waals surface area contributed by atoms with Gasteiger partial charge >= 0.3 is 5.97 Å². The summed E-state index contributed by atoms with van der Waals surface area (Å²) in [6.45, 7) is 3.46. The van der Waals surface area contributed by atoms with Crippen molar-refractivity contribution < 1.29 is 23.9 Å². The van der Waals surface area contributed by atoms with Crippen LogP contribution in [-0.4, -0.2) is 29.9 Å². The number of hydrogen-bond donors (Lipinski definition) is 0. The maximum absolute atomic E-state index is 12.8. The molecule has 0 fully saturated rings. The maximum Gasteiger partial charge on any atom is 0.348 e. The standard InChI is InChI=1S/C19H14O5S/c1-3-24-19(23)17-10(2)14-16(22)12(9-13(20)18(14)25-17)15(21)11-7-5-4-6-8-11/h4-9H,3H2,1-2H3. The van der Waals surface area contributed by atoms with Crippen LogP contribution in [0.5, 0.6) is 0 Å². The molecule has 0 amide bonds. The first kappa shape index (κ1) is 17.0. The predicted octanol–water partition coefficient (Wildman–Crippen LogP) is 3.42. The van der Waals surface area contributed by atoms with E-state index in [0.29, 0.717) is 11.1 Å². The SMILES string of the molecule is CCOC(=O)c1sc2c(c1C)C(=O)C(C(=O)c1ccccc1)=CC2=O. The van der Waals surface area contributed by atoms with Gasteiger partial charge in [0.15, 0.2) is 17.3 Å². The second-order valence-electron chi connectivity index (χ2n) is 5.43. The molecule has 1 aliphatic carbocycles. The first-order valence-electron chi connectivity index (χ1n) is 7.66. The van der Waals surface area contributed by atoms with Crippen molar-refractivity contribution in [1.29, 1.82) is 0 Å². The molecule has 2 aromatic rings. The van der Waals surface area contributed by atoms with Crippen molar-refractivity contribution in [3.8, 4) is 0 Å². The van der Waals surface area contributed by atoms with Gasteiger partial charge < -0.3 is 4.74 Å². The highest BCUT2D eigenvalue weighted by molar-refractivity contribution is 7.16. The summed E-state index contributed by atoms with van der Waals surface area (Å²) < 4.78 is 4.97. The lowest BCUT2D eigenvalue weighted by Gasteiger charge is -2.12. The summed E-state index contributed by atoms with van der Waals surface area (Å²) in [7, 11) is 0. The lowest BCUT2D eigenvalue weighted by molar-refractivity contribution is 0.0531. The number of benzene rings is 1. The number of carbonyl (C=O) groups is 4. The molecule has 1 heterocycles. The molecule has 1 aliphatic rings. The van der Waals surface area contributed by atoms with Gasteiger partial charge in [0.1, 0.15) is 4.88 Å². The number of esters is 1. The Morgan fingerprint density at radius 2 is 1.80 bits per heavy atom. The molecule has 0 saturated heterocycles. The van der Waals surface area contributed by atoms with Gasteiger partial charge in [-0.15, -0.1) is 11.3 Å². The Kier molecular flexibility index (Phi) is 4.46. The molecule has 0 unspecified atom stereocenters. The van der Waals surface area contributed by atoms with Crippen molar-refractivity contribution in [3.63, 3.8) is 0 Å². The average molecular weight is 354 g/mol. The van der Waals surface area contributed by atoms with E-state index in [1.807, 2.05) is 0 Å². The van der Waals surface area contributed by atoms with Crippen LogP contribution < -0.4 is 0 Å². The summed E-state index contributed by atoms with van der Waals surface area (Å²) in [6.07, 6.45) is 1.06. The van der Waals surface area contributed by atoms with E-state index < -0.39 is 23.3 Å². The van der Waals surface area contributed by atoms with Crippen LogP contribution in [0.4, 0.5) is 0 Å². The van der Waals surface area contributed by atoms with E-state index in [2.05, 4.69) is 0 Å². The van der Waals surface area contributed by atoms with E-state index in [4.69, 9.17) is 4.74 Å². The Balaban J connectivity index is 2.05. The Hall–Kier alpha value is -2.86. The van der Waals surface area contributed by atoms with Gasteiger partial charge in [0.2, 0.25) is 0 Å². The van der Waals surface area contributed by atoms with Gasteiger partial charge in [-0.3, -0.25) is 14.4 Å². The van der Waals surface area contributed by atoms with Crippen LogP contribution in [0, 0.1) is 6.92 Å². The van der Waals surface area contributed by atoms with Crippen molar-refractivity contribution in [1.82, 2.24) is 0 Å². The van der Waals surface area contributed by atoms with Gasteiger partial charge in [-0.1, -0.05) is 30.3 Å². The monoisotopic (exact) mass is 354 g/mol. The second kappa shape index (κ2) is 6.57. The number of thiophene rings is 1.